The van der Waals surface area contributed by atoms with Crippen molar-refractivity contribution in [1.29, 1.82) is 0 Å². The van der Waals surface area contributed by atoms with E-state index in [0.29, 0.717) is 6.04 Å². The van der Waals surface area contributed by atoms with Crippen LogP contribution in [0.1, 0.15) is 65.2 Å². The highest BCUT2D eigenvalue weighted by molar-refractivity contribution is 7.80. The summed E-state index contributed by atoms with van der Waals surface area (Å²) < 4.78 is 0. The first-order valence-electron chi connectivity index (χ1n) is 8.37. The molecule has 0 spiro atoms. The smallest absolute Gasteiger partial charge is 0.166 e. The SMILES string of the molecule is CC(C)(CNC(=S)NC1CCCCC1)N1CCCCC1. The molecule has 0 aromatic heterocycles. The molecule has 1 heterocycles. The zero-order chi connectivity index (χ0) is 14.4. The summed E-state index contributed by atoms with van der Waals surface area (Å²) in [4.78, 5) is 2.60. The van der Waals surface area contributed by atoms with E-state index in [1.807, 2.05) is 0 Å². The standard InChI is InChI=1S/C16H31N3S/c1-16(2,19-11-7-4-8-12-19)13-17-15(20)18-14-9-5-3-6-10-14/h14H,3-13H2,1-2H3,(H2,17,18,20). The fourth-order valence-corrected chi connectivity index (χ4v) is 3.63. The molecule has 116 valence electrons. The molecule has 0 aromatic carbocycles. The summed E-state index contributed by atoms with van der Waals surface area (Å²) in [6.07, 6.45) is 10.7. The molecular weight excluding hydrogens is 266 g/mol. The lowest BCUT2D eigenvalue weighted by Gasteiger charge is -2.41. The zero-order valence-electron chi connectivity index (χ0n) is 13.2. The minimum atomic E-state index is 0.193. The van der Waals surface area contributed by atoms with Crippen molar-refractivity contribution in [2.75, 3.05) is 19.6 Å². The van der Waals surface area contributed by atoms with Crippen molar-refractivity contribution in [3.05, 3.63) is 0 Å². The van der Waals surface area contributed by atoms with E-state index in [0.717, 1.165) is 11.7 Å². The quantitative estimate of drug-likeness (QED) is 0.780. The Kier molecular flexibility index (Phi) is 6.09. The predicted octanol–water partition coefficient (Wildman–Crippen LogP) is 3.05. The van der Waals surface area contributed by atoms with Gasteiger partial charge in [0.05, 0.1) is 0 Å². The van der Waals surface area contributed by atoms with Crippen molar-refractivity contribution in [2.24, 2.45) is 0 Å². The molecule has 0 atom stereocenters. The summed E-state index contributed by atoms with van der Waals surface area (Å²) in [6.45, 7) is 8.06. The Bertz CT molecular complexity index is 305. The van der Waals surface area contributed by atoms with E-state index in [1.54, 1.807) is 0 Å². The third-order valence-corrected chi connectivity index (χ3v) is 5.10. The number of piperidine rings is 1. The maximum absolute atomic E-state index is 5.46. The van der Waals surface area contributed by atoms with E-state index in [2.05, 4.69) is 29.4 Å². The molecule has 2 N–H and O–H groups in total. The first kappa shape index (κ1) is 16.0. The van der Waals surface area contributed by atoms with Gasteiger partial charge in [-0.3, -0.25) is 4.90 Å². The lowest BCUT2D eigenvalue weighted by atomic mass is 9.96. The summed E-state index contributed by atoms with van der Waals surface area (Å²) in [5, 5.41) is 7.79. The van der Waals surface area contributed by atoms with Crippen LogP contribution in [-0.4, -0.2) is 41.2 Å². The second-order valence-electron chi connectivity index (χ2n) is 7.02. The molecule has 20 heavy (non-hydrogen) atoms. The Morgan fingerprint density at radius 1 is 1.05 bits per heavy atom. The molecule has 0 unspecified atom stereocenters. The van der Waals surface area contributed by atoms with E-state index in [1.165, 1.54) is 64.5 Å². The van der Waals surface area contributed by atoms with Crippen molar-refractivity contribution in [3.8, 4) is 0 Å². The summed E-state index contributed by atoms with van der Waals surface area (Å²) in [5.41, 5.74) is 0.193. The average molecular weight is 298 g/mol. The minimum absolute atomic E-state index is 0.193. The maximum atomic E-state index is 5.46. The Hall–Kier alpha value is -0.350. The van der Waals surface area contributed by atoms with Crippen LogP contribution in [0.5, 0.6) is 0 Å². The lowest BCUT2D eigenvalue weighted by Crippen LogP contribution is -2.55. The summed E-state index contributed by atoms with van der Waals surface area (Å²) in [7, 11) is 0. The molecule has 0 amide bonds. The molecule has 1 aliphatic heterocycles. The number of nitrogens with zero attached hydrogens (tertiary/aromatic N) is 1. The number of hydrogen-bond acceptors (Lipinski definition) is 2. The Labute approximate surface area is 129 Å². The molecule has 0 radical (unpaired) electrons. The van der Waals surface area contributed by atoms with Crippen molar-refractivity contribution in [3.63, 3.8) is 0 Å². The molecule has 4 heteroatoms. The van der Waals surface area contributed by atoms with Gasteiger partial charge in [-0.1, -0.05) is 25.7 Å². The highest BCUT2D eigenvalue weighted by Crippen LogP contribution is 2.20. The van der Waals surface area contributed by atoms with Gasteiger partial charge in [0.25, 0.3) is 0 Å². The monoisotopic (exact) mass is 297 g/mol. The Morgan fingerprint density at radius 3 is 2.30 bits per heavy atom. The fraction of sp³-hybridized carbons (Fsp3) is 0.938. The number of hydrogen-bond donors (Lipinski definition) is 2. The van der Waals surface area contributed by atoms with Crippen LogP contribution in [0.4, 0.5) is 0 Å². The van der Waals surface area contributed by atoms with E-state index in [-0.39, 0.29) is 5.54 Å². The van der Waals surface area contributed by atoms with Gasteiger partial charge in [0.2, 0.25) is 0 Å². The van der Waals surface area contributed by atoms with E-state index in [4.69, 9.17) is 12.2 Å². The zero-order valence-corrected chi connectivity index (χ0v) is 14.0. The van der Waals surface area contributed by atoms with Crippen LogP contribution in [0, 0.1) is 0 Å². The van der Waals surface area contributed by atoms with Crippen molar-refractivity contribution in [1.82, 2.24) is 15.5 Å². The molecule has 1 aliphatic carbocycles. The molecule has 0 bridgehead atoms. The lowest BCUT2D eigenvalue weighted by molar-refractivity contribution is 0.0983. The molecule has 2 rings (SSSR count). The molecule has 0 aromatic rings. The molecule has 1 saturated heterocycles. The van der Waals surface area contributed by atoms with Crippen LogP contribution in [0.2, 0.25) is 0 Å². The number of nitrogens with one attached hydrogen (secondary N) is 2. The predicted molar refractivity (Wildman–Crippen MR) is 90.1 cm³/mol. The van der Waals surface area contributed by atoms with E-state index in [9.17, 15) is 0 Å². The van der Waals surface area contributed by atoms with Crippen molar-refractivity contribution >= 4 is 17.3 Å². The van der Waals surface area contributed by atoms with E-state index < -0.39 is 0 Å². The van der Waals surface area contributed by atoms with Gasteiger partial charge in [0.15, 0.2) is 5.11 Å². The molecule has 3 nitrogen and oxygen atoms in total. The van der Waals surface area contributed by atoms with E-state index >= 15 is 0 Å². The normalized spacial score (nSPS) is 22.5. The van der Waals surface area contributed by atoms with Gasteiger partial charge in [-0.2, -0.15) is 0 Å². The van der Waals surface area contributed by atoms with Gasteiger partial charge in [0, 0.05) is 18.1 Å². The summed E-state index contributed by atoms with van der Waals surface area (Å²) in [6, 6.07) is 0.599. The minimum Gasteiger partial charge on any atom is -0.361 e. The van der Waals surface area contributed by atoms with Crippen LogP contribution < -0.4 is 10.6 Å². The number of thiocarbonyl (C=S) groups is 1. The molecular formula is C16H31N3S. The third-order valence-electron chi connectivity index (χ3n) is 4.83. The molecule has 2 fully saturated rings. The highest BCUT2D eigenvalue weighted by Gasteiger charge is 2.28. The van der Waals surface area contributed by atoms with Crippen LogP contribution in [0.25, 0.3) is 0 Å². The largest absolute Gasteiger partial charge is 0.361 e. The Morgan fingerprint density at radius 2 is 1.65 bits per heavy atom. The van der Waals surface area contributed by atoms with Crippen molar-refractivity contribution < 1.29 is 0 Å². The van der Waals surface area contributed by atoms with Crippen LogP contribution in [0.3, 0.4) is 0 Å². The van der Waals surface area contributed by atoms with Crippen LogP contribution in [-0.2, 0) is 0 Å². The molecule has 1 saturated carbocycles. The highest BCUT2D eigenvalue weighted by atomic mass is 32.1. The topological polar surface area (TPSA) is 27.3 Å². The van der Waals surface area contributed by atoms with Gasteiger partial charge in [-0.05, 0) is 64.8 Å². The number of likely N-dealkylation sites (tertiary alicyclic amines) is 1. The first-order valence-corrected chi connectivity index (χ1v) is 8.78. The second-order valence-corrected chi connectivity index (χ2v) is 7.43. The third kappa shape index (κ3) is 4.88. The fourth-order valence-electron chi connectivity index (χ4n) is 3.39. The summed E-state index contributed by atoms with van der Waals surface area (Å²) in [5.74, 6) is 0. The van der Waals surface area contributed by atoms with Crippen LogP contribution in [0.15, 0.2) is 0 Å². The Balaban J connectivity index is 1.70. The van der Waals surface area contributed by atoms with Gasteiger partial charge in [-0.25, -0.2) is 0 Å². The van der Waals surface area contributed by atoms with Gasteiger partial charge < -0.3 is 10.6 Å². The van der Waals surface area contributed by atoms with Gasteiger partial charge in [0.1, 0.15) is 0 Å². The van der Waals surface area contributed by atoms with Crippen LogP contribution >= 0.6 is 12.2 Å². The van der Waals surface area contributed by atoms with Gasteiger partial charge >= 0.3 is 0 Å². The maximum Gasteiger partial charge on any atom is 0.166 e. The molecule has 2 aliphatic rings. The average Bonchev–Trinajstić information content (AvgIpc) is 2.47. The summed E-state index contributed by atoms with van der Waals surface area (Å²) >= 11 is 5.46. The number of rotatable bonds is 4. The second kappa shape index (κ2) is 7.60. The van der Waals surface area contributed by atoms with Gasteiger partial charge in [-0.15, -0.1) is 0 Å². The first-order chi connectivity index (χ1) is 9.58. The van der Waals surface area contributed by atoms with Crippen molar-refractivity contribution in [2.45, 2.75) is 76.8 Å².